The molecule has 0 aliphatic heterocycles. The molecule has 2 heterocycles. The zero-order valence-electron chi connectivity index (χ0n) is 10.8. The highest BCUT2D eigenvalue weighted by molar-refractivity contribution is 7.99. The topological polar surface area (TPSA) is 41.6 Å². The van der Waals surface area contributed by atoms with Crippen LogP contribution in [0.15, 0.2) is 47.9 Å². The van der Waals surface area contributed by atoms with Gasteiger partial charge in [0.1, 0.15) is 0 Å². The van der Waals surface area contributed by atoms with E-state index in [1.165, 1.54) is 5.56 Å². The van der Waals surface area contributed by atoms with E-state index in [1.54, 1.807) is 11.8 Å². The van der Waals surface area contributed by atoms with Gasteiger partial charge in [-0.1, -0.05) is 23.4 Å². The molecule has 3 nitrogen and oxygen atoms in total. The maximum atomic E-state index is 5.96. The van der Waals surface area contributed by atoms with Gasteiger partial charge in [-0.05, 0) is 48.7 Å². The van der Waals surface area contributed by atoms with Crippen LogP contribution in [0.4, 0.5) is 0 Å². The number of H-pyrrole nitrogens is 1. The minimum Gasteiger partial charge on any atom is -0.333 e. The lowest BCUT2D eigenvalue weighted by atomic mass is 10.2. The summed E-state index contributed by atoms with van der Waals surface area (Å²) in [4.78, 5) is 11.9. The van der Waals surface area contributed by atoms with Gasteiger partial charge in [0, 0.05) is 23.2 Å². The van der Waals surface area contributed by atoms with Gasteiger partial charge in [0.2, 0.25) is 0 Å². The van der Waals surface area contributed by atoms with E-state index in [1.807, 2.05) is 30.6 Å². The summed E-state index contributed by atoms with van der Waals surface area (Å²) >= 11 is 7.71. The van der Waals surface area contributed by atoms with Gasteiger partial charge in [0.15, 0.2) is 5.16 Å². The van der Waals surface area contributed by atoms with E-state index >= 15 is 0 Å². The molecule has 0 unspecified atom stereocenters. The van der Waals surface area contributed by atoms with E-state index < -0.39 is 0 Å². The minimum absolute atomic E-state index is 0.732. The summed E-state index contributed by atoms with van der Waals surface area (Å²) in [7, 11) is 0. The first-order valence-corrected chi connectivity index (χ1v) is 7.84. The van der Waals surface area contributed by atoms with E-state index in [-0.39, 0.29) is 0 Å². The molecule has 0 spiro atoms. The lowest BCUT2D eigenvalue weighted by molar-refractivity contribution is 0.924. The van der Waals surface area contributed by atoms with Gasteiger partial charge in [-0.3, -0.25) is 4.98 Å². The molecule has 2 aromatic heterocycles. The molecule has 1 aromatic carbocycles. The molecule has 0 radical (unpaired) electrons. The largest absolute Gasteiger partial charge is 0.333 e. The van der Waals surface area contributed by atoms with Crippen molar-refractivity contribution in [1.82, 2.24) is 15.0 Å². The quantitative estimate of drug-likeness (QED) is 0.563. The highest BCUT2D eigenvalue weighted by Crippen LogP contribution is 2.22. The van der Waals surface area contributed by atoms with Gasteiger partial charge in [0.05, 0.1) is 11.0 Å². The van der Waals surface area contributed by atoms with Gasteiger partial charge in [-0.25, -0.2) is 4.98 Å². The maximum Gasteiger partial charge on any atom is 0.166 e. The zero-order chi connectivity index (χ0) is 13.8. The number of hydrogen-bond donors (Lipinski definition) is 1. The van der Waals surface area contributed by atoms with E-state index in [0.717, 1.165) is 39.8 Å². The number of hydrogen-bond acceptors (Lipinski definition) is 3. The third-order valence-corrected chi connectivity index (χ3v) is 4.21. The first kappa shape index (κ1) is 13.5. The zero-order valence-corrected chi connectivity index (χ0v) is 12.4. The highest BCUT2D eigenvalue weighted by atomic mass is 35.5. The van der Waals surface area contributed by atoms with Crippen molar-refractivity contribution in [3.05, 3.63) is 53.3 Å². The van der Waals surface area contributed by atoms with Crippen LogP contribution < -0.4 is 0 Å². The summed E-state index contributed by atoms with van der Waals surface area (Å²) in [6.45, 7) is 0. The van der Waals surface area contributed by atoms with Crippen LogP contribution in [0.25, 0.3) is 11.0 Å². The number of nitrogens with one attached hydrogen (secondary N) is 1. The summed E-state index contributed by atoms with van der Waals surface area (Å²) in [6, 6.07) is 9.84. The summed E-state index contributed by atoms with van der Waals surface area (Å²) < 4.78 is 0. The lowest BCUT2D eigenvalue weighted by Crippen LogP contribution is -1.88. The number of benzene rings is 1. The average molecular weight is 304 g/mol. The molecule has 3 rings (SSSR count). The van der Waals surface area contributed by atoms with Crippen molar-refractivity contribution in [3.8, 4) is 0 Å². The van der Waals surface area contributed by atoms with Crippen LogP contribution in [0.5, 0.6) is 0 Å². The molecule has 5 heteroatoms. The lowest BCUT2D eigenvalue weighted by Gasteiger charge is -1.99. The van der Waals surface area contributed by atoms with Gasteiger partial charge in [-0.15, -0.1) is 0 Å². The monoisotopic (exact) mass is 303 g/mol. The fraction of sp³-hybridized carbons (Fsp3) is 0.200. The SMILES string of the molecule is Clc1ccc2nc(SCCCc3ccncc3)[nH]c2c1. The average Bonchev–Trinajstić information content (AvgIpc) is 2.86. The summed E-state index contributed by atoms with van der Waals surface area (Å²) in [5.74, 6) is 1.04. The Balaban J connectivity index is 1.55. The third kappa shape index (κ3) is 3.32. The number of nitrogens with zero attached hydrogens (tertiary/aromatic N) is 2. The summed E-state index contributed by atoms with van der Waals surface area (Å²) in [5, 5.41) is 1.69. The first-order chi connectivity index (χ1) is 9.81. The van der Waals surface area contributed by atoms with Crippen LogP contribution in [-0.2, 0) is 6.42 Å². The smallest absolute Gasteiger partial charge is 0.166 e. The third-order valence-electron chi connectivity index (χ3n) is 3.02. The Morgan fingerprint density at radius 1 is 1.15 bits per heavy atom. The Morgan fingerprint density at radius 2 is 2.00 bits per heavy atom. The van der Waals surface area contributed by atoms with Crippen molar-refractivity contribution in [1.29, 1.82) is 0 Å². The van der Waals surface area contributed by atoms with Crippen LogP contribution in [0.2, 0.25) is 5.02 Å². The minimum atomic E-state index is 0.732. The Hall–Kier alpha value is -1.52. The predicted octanol–water partition coefficient (Wildman–Crippen LogP) is 4.34. The van der Waals surface area contributed by atoms with Gasteiger partial charge in [0.25, 0.3) is 0 Å². The Morgan fingerprint density at radius 3 is 2.85 bits per heavy atom. The predicted molar refractivity (Wildman–Crippen MR) is 84.4 cm³/mol. The second-order valence-corrected chi connectivity index (χ2v) is 6.03. The number of fused-ring (bicyclic) bond motifs is 1. The molecule has 0 atom stereocenters. The van der Waals surface area contributed by atoms with Crippen LogP contribution in [0, 0.1) is 0 Å². The van der Waals surface area contributed by atoms with Crippen molar-refractivity contribution >= 4 is 34.4 Å². The van der Waals surface area contributed by atoms with Gasteiger partial charge >= 0.3 is 0 Å². The van der Waals surface area contributed by atoms with Crippen LogP contribution in [0.3, 0.4) is 0 Å². The van der Waals surface area contributed by atoms with Crippen molar-refractivity contribution in [2.45, 2.75) is 18.0 Å². The van der Waals surface area contributed by atoms with Crippen molar-refractivity contribution < 1.29 is 0 Å². The van der Waals surface area contributed by atoms with E-state index in [0.29, 0.717) is 0 Å². The molecule has 0 fully saturated rings. The highest BCUT2D eigenvalue weighted by Gasteiger charge is 2.03. The molecule has 0 amide bonds. The number of halogens is 1. The molecule has 0 saturated heterocycles. The van der Waals surface area contributed by atoms with Crippen LogP contribution >= 0.6 is 23.4 Å². The number of aromatic amines is 1. The van der Waals surface area contributed by atoms with Gasteiger partial charge < -0.3 is 4.98 Å². The molecular formula is C15H14ClN3S. The summed E-state index contributed by atoms with van der Waals surface area (Å²) in [6.07, 6.45) is 5.87. The molecule has 3 aromatic rings. The Kier molecular flexibility index (Phi) is 4.23. The van der Waals surface area contributed by atoms with Crippen LogP contribution in [0.1, 0.15) is 12.0 Å². The standard InChI is InChI=1S/C15H14ClN3S/c16-12-3-4-13-14(10-12)19-15(18-13)20-9-1-2-11-5-7-17-8-6-11/h3-8,10H,1-2,9H2,(H,18,19). The summed E-state index contributed by atoms with van der Waals surface area (Å²) in [5.41, 5.74) is 3.29. The Bertz CT molecular complexity index is 697. The number of aromatic nitrogens is 3. The second-order valence-electron chi connectivity index (χ2n) is 4.51. The fourth-order valence-corrected chi connectivity index (χ4v) is 3.02. The number of aryl methyl sites for hydroxylation is 1. The van der Waals surface area contributed by atoms with E-state index in [2.05, 4.69) is 27.1 Å². The molecule has 1 N–H and O–H groups in total. The fourth-order valence-electron chi connectivity index (χ4n) is 2.02. The number of thioether (sulfide) groups is 1. The van der Waals surface area contributed by atoms with Crippen molar-refractivity contribution in [2.75, 3.05) is 5.75 Å². The molecule has 0 saturated carbocycles. The normalized spacial score (nSPS) is 11.1. The molecule has 102 valence electrons. The molecule has 0 aliphatic rings. The Labute approximate surface area is 126 Å². The van der Waals surface area contributed by atoms with E-state index in [4.69, 9.17) is 11.6 Å². The van der Waals surface area contributed by atoms with Crippen molar-refractivity contribution in [2.24, 2.45) is 0 Å². The van der Waals surface area contributed by atoms with E-state index in [9.17, 15) is 0 Å². The molecule has 0 aliphatic carbocycles. The number of imidazole rings is 1. The van der Waals surface area contributed by atoms with Crippen LogP contribution in [-0.4, -0.2) is 20.7 Å². The first-order valence-electron chi connectivity index (χ1n) is 6.48. The molecular weight excluding hydrogens is 290 g/mol. The van der Waals surface area contributed by atoms with Gasteiger partial charge in [-0.2, -0.15) is 0 Å². The molecule has 20 heavy (non-hydrogen) atoms. The van der Waals surface area contributed by atoms with Crippen molar-refractivity contribution in [3.63, 3.8) is 0 Å². The number of pyridine rings is 1. The number of rotatable bonds is 5. The second kappa shape index (κ2) is 6.29. The molecule has 0 bridgehead atoms. The maximum absolute atomic E-state index is 5.96.